The van der Waals surface area contributed by atoms with Crippen molar-refractivity contribution in [2.75, 3.05) is 0 Å². The second-order valence-corrected chi connectivity index (χ2v) is 9.35. The fourth-order valence-electron chi connectivity index (χ4n) is 1.35. The molecule has 0 aromatic carbocycles. The van der Waals surface area contributed by atoms with Crippen molar-refractivity contribution in [1.82, 2.24) is 0 Å². The van der Waals surface area contributed by atoms with Gasteiger partial charge in [-0.15, -0.1) is 0 Å². The Hall–Kier alpha value is -0.303. The Kier molecular flexibility index (Phi) is 2.38. The summed E-state index contributed by atoms with van der Waals surface area (Å²) in [6, 6.07) is 0. The van der Waals surface area contributed by atoms with E-state index in [4.69, 9.17) is 0 Å². The molecule has 62 valence electrons. The molecule has 0 amide bonds. The summed E-state index contributed by atoms with van der Waals surface area (Å²) < 4.78 is 0. The molecule has 0 N–H and O–H groups in total. The van der Waals surface area contributed by atoms with Crippen molar-refractivity contribution >= 4 is 8.07 Å². The van der Waals surface area contributed by atoms with Gasteiger partial charge in [-0.25, -0.2) is 0 Å². The third-order valence-electron chi connectivity index (χ3n) is 2.26. The first kappa shape index (κ1) is 8.79. The maximum absolute atomic E-state index is 2.42. The Morgan fingerprint density at radius 3 is 2.27 bits per heavy atom. The van der Waals surface area contributed by atoms with Crippen molar-refractivity contribution in [3.05, 3.63) is 22.9 Å². The van der Waals surface area contributed by atoms with Crippen LogP contribution in [-0.4, -0.2) is 8.07 Å². The molecule has 0 nitrogen and oxygen atoms in total. The Balaban J connectivity index is 2.72. The first-order chi connectivity index (χ1) is 5.04. The predicted molar refractivity (Wildman–Crippen MR) is 54.4 cm³/mol. The van der Waals surface area contributed by atoms with Crippen LogP contribution in [0.4, 0.5) is 0 Å². The third kappa shape index (κ3) is 2.06. The lowest BCUT2D eigenvalue weighted by Crippen LogP contribution is -2.21. The van der Waals surface area contributed by atoms with E-state index in [0.29, 0.717) is 0 Å². The van der Waals surface area contributed by atoms with E-state index in [0.717, 1.165) is 0 Å². The van der Waals surface area contributed by atoms with Gasteiger partial charge >= 0.3 is 0 Å². The highest BCUT2D eigenvalue weighted by atomic mass is 28.3. The standard InChI is InChI=1S/C10H18Si/c1-5-9-6-7-10(8-9)11(2,3)4/h7-8H,5-6H2,1-4H3. The van der Waals surface area contributed by atoms with Crippen molar-refractivity contribution < 1.29 is 0 Å². The summed E-state index contributed by atoms with van der Waals surface area (Å²) in [5, 5.41) is 1.65. The Bertz CT molecular complexity index is 203. The van der Waals surface area contributed by atoms with Gasteiger partial charge in [-0.1, -0.05) is 49.5 Å². The molecule has 0 saturated carbocycles. The monoisotopic (exact) mass is 166 g/mol. The highest BCUT2D eigenvalue weighted by Gasteiger charge is 2.20. The molecule has 11 heavy (non-hydrogen) atoms. The zero-order valence-corrected chi connectivity index (χ0v) is 9.07. The quantitative estimate of drug-likeness (QED) is 0.551. The molecule has 1 aliphatic rings. The SMILES string of the molecule is CCC1=CC([Si](C)(C)C)=CC1. The summed E-state index contributed by atoms with van der Waals surface area (Å²) in [4.78, 5) is 0. The molecule has 0 unspecified atom stereocenters. The van der Waals surface area contributed by atoms with Gasteiger partial charge in [-0.2, -0.15) is 0 Å². The molecule has 0 atom stereocenters. The van der Waals surface area contributed by atoms with Crippen LogP contribution >= 0.6 is 0 Å². The van der Waals surface area contributed by atoms with Gasteiger partial charge in [-0.3, -0.25) is 0 Å². The molecule has 1 aliphatic carbocycles. The van der Waals surface area contributed by atoms with Crippen LogP contribution in [0.5, 0.6) is 0 Å². The normalized spacial score (nSPS) is 18.2. The third-order valence-corrected chi connectivity index (χ3v) is 4.34. The summed E-state index contributed by atoms with van der Waals surface area (Å²) in [5.74, 6) is 0. The van der Waals surface area contributed by atoms with Crippen molar-refractivity contribution in [3.63, 3.8) is 0 Å². The molecule has 0 aromatic rings. The highest BCUT2D eigenvalue weighted by molar-refractivity contribution is 6.83. The van der Waals surface area contributed by atoms with Crippen molar-refractivity contribution in [2.45, 2.75) is 39.4 Å². The van der Waals surface area contributed by atoms with Gasteiger partial charge < -0.3 is 0 Å². The topological polar surface area (TPSA) is 0 Å². The number of allylic oxidation sites excluding steroid dienone is 4. The maximum atomic E-state index is 2.42. The number of hydrogen-bond donors (Lipinski definition) is 0. The minimum absolute atomic E-state index is 0.998. The molecule has 1 rings (SSSR count). The number of rotatable bonds is 2. The maximum Gasteiger partial charge on any atom is 0.0771 e. The van der Waals surface area contributed by atoms with Gasteiger partial charge in [-0.05, 0) is 12.8 Å². The molecule has 0 saturated heterocycles. The van der Waals surface area contributed by atoms with E-state index in [-0.39, 0.29) is 0 Å². The van der Waals surface area contributed by atoms with E-state index in [1.54, 1.807) is 10.8 Å². The second-order valence-electron chi connectivity index (χ2n) is 4.27. The van der Waals surface area contributed by atoms with E-state index in [1.807, 2.05) is 0 Å². The van der Waals surface area contributed by atoms with Crippen LogP contribution in [0.1, 0.15) is 19.8 Å². The van der Waals surface area contributed by atoms with Gasteiger partial charge in [0.2, 0.25) is 0 Å². The van der Waals surface area contributed by atoms with Gasteiger partial charge in [0.15, 0.2) is 0 Å². The summed E-state index contributed by atoms with van der Waals surface area (Å²) in [6.07, 6.45) is 7.29. The van der Waals surface area contributed by atoms with Gasteiger partial charge in [0, 0.05) is 0 Å². The lowest BCUT2D eigenvalue weighted by atomic mass is 10.2. The van der Waals surface area contributed by atoms with E-state index in [9.17, 15) is 0 Å². The zero-order chi connectivity index (χ0) is 8.48. The zero-order valence-electron chi connectivity index (χ0n) is 8.07. The van der Waals surface area contributed by atoms with Crippen LogP contribution in [0.3, 0.4) is 0 Å². The van der Waals surface area contributed by atoms with E-state index in [1.165, 1.54) is 12.8 Å². The largest absolute Gasteiger partial charge is 0.0812 e. The average molecular weight is 166 g/mol. The molecule has 0 heterocycles. The Morgan fingerprint density at radius 2 is 2.00 bits per heavy atom. The molecule has 1 heteroatoms. The van der Waals surface area contributed by atoms with Crippen LogP contribution in [0.2, 0.25) is 19.6 Å². The molecular weight excluding hydrogens is 148 g/mol. The molecule has 0 bridgehead atoms. The molecule has 0 fully saturated rings. The van der Waals surface area contributed by atoms with E-state index < -0.39 is 8.07 Å². The minimum atomic E-state index is -0.998. The first-order valence-electron chi connectivity index (χ1n) is 4.44. The number of hydrogen-bond acceptors (Lipinski definition) is 0. The molecule has 0 spiro atoms. The summed E-state index contributed by atoms with van der Waals surface area (Å²) in [7, 11) is -0.998. The van der Waals surface area contributed by atoms with Crippen LogP contribution in [0.15, 0.2) is 22.9 Å². The minimum Gasteiger partial charge on any atom is -0.0812 e. The van der Waals surface area contributed by atoms with Crippen LogP contribution in [-0.2, 0) is 0 Å². The van der Waals surface area contributed by atoms with Gasteiger partial charge in [0.1, 0.15) is 0 Å². The smallest absolute Gasteiger partial charge is 0.0771 e. The lowest BCUT2D eigenvalue weighted by molar-refractivity contribution is 1.05. The second kappa shape index (κ2) is 2.98. The van der Waals surface area contributed by atoms with Crippen molar-refractivity contribution in [3.8, 4) is 0 Å². The molecular formula is C10H18Si. The van der Waals surface area contributed by atoms with Crippen LogP contribution in [0.25, 0.3) is 0 Å². The first-order valence-corrected chi connectivity index (χ1v) is 7.94. The van der Waals surface area contributed by atoms with E-state index in [2.05, 4.69) is 38.7 Å². The van der Waals surface area contributed by atoms with Crippen LogP contribution < -0.4 is 0 Å². The van der Waals surface area contributed by atoms with Gasteiger partial charge in [0.25, 0.3) is 0 Å². The summed E-state index contributed by atoms with van der Waals surface area (Å²) in [5.41, 5.74) is 1.61. The Labute approximate surface area is 71.0 Å². The molecule has 0 radical (unpaired) electrons. The summed E-state index contributed by atoms with van der Waals surface area (Å²) >= 11 is 0. The highest BCUT2D eigenvalue weighted by Crippen LogP contribution is 2.26. The lowest BCUT2D eigenvalue weighted by Gasteiger charge is -2.15. The van der Waals surface area contributed by atoms with Crippen LogP contribution in [0, 0.1) is 0 Å². The summed E-state index contributed by atoms with van der Waals surface area (Å²) in [6.45, 7) is 9.47. The van der Waals surface area contributed by atoms with Gasteiger partial charge in [0.05, 0.1) is 8.07 Å². The van der Waals surface area contributed by atoms with Crippen molar-refractivity contribution in [1.29, 1.82) is 0 Å². The molecule has 0 aromatic heterocycles. The fourth-order valence-corrected chi connectivity index (χ4v) is 2.70. The fraction of sp³-hybridized carbons (Fsp3) is 0.600. The average Bonchev–Trinajstić information content (AvgIpc) is 2.32. The van der Waals surface area contributed by atoms with Crippen molar-refractivity contribution in [2.24, 2.45) is 0 Å². The predicted octanol–water partition coefficient (Wildman–Crippen LogP) is 3.53. The Morgan fingerprint density at radius 1 is 1.36 bits per heavy atom. The molecule has 0 aliphatic heterocycles. The van der Waals surface area contributed by atoms with E-state index >= 15 is 0 Å².